The molecule has 0 saturated heterocycles. The lowest BCUT2D eigenvalue weighted by Gasteiger charge is -2.10. The standard InChI is InChI=1S/C14H21N7/c1-3-15-11-8-12(19-14(18-11)10-4-5-10)16-7-6-13-20-17-9-21(13)2/h8-10H,3-7H2,1-2H3,(H2,15,16,18,19). The van der Waals surface area contributed by atoms with Crippen LogP contribution in [0.3, 0.4) is 0 Å². The van der Waals surface area contributed by atoms with Gasteiger partial charge < -0.3 is 15.2 Å². The molecule has 7 nitrogen and oxygen atoms in total. The minimum absolute atomic E-state index is 0.544. The van der Waals surface area contributed by atoms with Crippen molar-refractivity contribution >= 4 is 11.6 Å². The second kappa shape index (κ2) is 6.07. The summed E-state index contributed by atoms with van der Waals surface area (Å²) in [6.45, 7) is 3.71. The normalized spacial score (nSPS) is 14.2. The molecule has 2 N–H and O–H groups in total. The summed E-state index contributed by atoms with van der Waals surface area (Å²) in [5.41, 5.74) is 0. The first-order chi connectivity index (χ1) is 10.3. The summed E-state index contributed by atoms with van der Waals surface area (Å²) in [5.74, 6) is 4.24. The van der Waals surface area contributed by atoms with Crippen molar-refractivity contribution in [2.24, 2.45) is 7.05 Å². The minimum atomic E-state index is 0.544. The summed E-state index contributed by atoms with van der Waals surface area (Å²) in [5, 5.41) is 14.6. The van der Waals surface area contributed by atoms with Gasteiger partial charge in [-0.05, 0) is 19.8 Å². The molecule has 1 fully saturated rings. The van der Waals surface area contributed by atoms with Gasteiger partial charge in [0.15, 0.2) is 0 Å². The number of anilines is 2. The molecule has 2 aromatic rings. The molecular weight excluding hydrogens is 266 g/mol. The maximum absolute atomic E-state index is 4.61. The molecule has 1 aliphatic carbocycles. The maximum Gasteiger partial charge on any atom is 0.136 e. The quantitative estimate of drug-likeness (QED) is 0.804. The van der Waals surface area contributed by atoms with Crippen molar-refractivity contribution in [1.29, 1.82) is 0 Å². The minimum Gasteiger partial charge on any atom is -0.370 e. The second-order valence-electron chi connectivity index (χ2n) is 5.34. The fraction of sp³-hybridized carbons (Fsp3) is 0.571. The fourth-order valence-electron chi connectivity index (χ4n) is 2.19. The van der Waals surface area contributed by atoms with E-state index in [9.17, 15) is 0 Å². The van der Waals surface area contributed by atoms with Gasteiger partial charge in [0.2, 0.25) is 0 Å². The van der Waals surface area contributed by atoms with Crippen LogP contribution in [0.25, 0.3) is 0 Å². The lowest BCUT2D eigenvalue weighted by atomic mass is 10.3. The van der Waals surface area contributed by atoms with Crippen molar-refractivity contribution in [2.75, 3.05) is 23.7 Å². The third-order valence-corrected chi connectivity index (χ3v) is 3.50. The van der Waals surface area contributed by atoms with Crippen molar-refractivity contribution in [1.82, 2.24) is 24.7 Å². The summed E-state index contributed by atoms with van der Waals surface area (Å²) in [4.78, 5) is 9.18. The first-order valence-electron chi connectivity index (χ1n) is 7.46. The Hall–Kier alpha value is -2.18. The lowest BCUT2D eigenvalue weighted by molar-refractivity contribution is 0.786. The smallest absolute Gasteiger partial charge is 0.136 e. The molecule has 1 saturated carbocycles. The largest absolute Gasteiger partial charge is 0.370 e. The number of nitrogens with zero attached hydrogens (tertiary/aromatic N) is 5. The van der Waals surface area contributed by atoms with Crippen LogP contribution in [0.15, 0.2) is 12.4 Å². The second-order valence-corrected chi connectivity index (χ2v) is 5.34. The fourth-order valence-corrected chi connectivity index (χ4v) is 2.19. The van der Waals surface area contributed by atoms with Crippen LogP contribution in [0.4, 0.5) is 11.6 Å². The van der Waals surface area contributed by atoms with Gasteiger partial charge in [-0.3, -0.25) is 0 Å². The summed E-state index contributed by atoms with van der Waals surface area (Å²) in [7, 11) is 1.95. The molecule has 0 aliphatic heterocycles. The molecule has 1 aliphatic rings. The molecule has 0 bridgehead atoms. The Morgan fingerprint density at radius 3 is 2.62 bits per heavy atom. The molecule has 0 atom stereocenters. The predicted octanol–water partition coefficient (Wildman–Crippen LogP) is 1.57. The Labute approximate surface area is 124 Å². The molecule has 7 heteroatoms. The van der Waals surface area contributed by atoms with Crippen molar-refractivity contribution in [3.8, 4) is 0 Å². The van der Waals surface area contributed by atoms with Crippen molar-refractivity contribution in [3.05, 3.63) is 24.0 Å². The number of hydrogen-bond donors (Lipinski definition) is 2. The molecule has 2 heterocycles. The molecule has 112 valence electrons. The SMILES string of the molecule is CCNc1cc(NCCc2nncn2C)nc(C2CC2)n1. The molecule has 0 aromatic carbocycles. The Morgan fingerprint density at radius 1 is 1.24 bits per heavy atom. The predicted molar refractivity (Wildman–Crippen MR) is 81.4 cm³/mol. The summed E-state index contributed by atoms with van der Waals surface area (Å²) >= 11 is 0. The molecule has 2 aromatic heterocycles. The van der Waals surface area contributed by atoms with Crippen molar-refractivity contribution < 1.29 is 0 Å². The summed E-state index contributed by atoms with van der Waals surface area (Å²) in [6.07, 6.45) is 4.94. The zero-order chi connectivity index (χ0) is 14.7. The number of nitrogens with one attached hydrogen (secondary N) is 2. The van der Waals surface area contributed by atoms with Gasteiger partial charge in [-0.2, -0.15) is 0 Å². The number of aryl methyl sites for hydroxylation is 1. The van der Waals surface area contributed by atoms with Crippen LogP contribution in [0, 0.1) is 0 Å². The van der Waals surface area contributed by atoms with Gasteiger partial charge in [0, 0.05) is 38.5 Å². The third kappa shape index (κ3) is 3.48. The van der Waals surface area contributed by atoms with E-state index >= 15 is 0 Å². The zero-order valence-corrected chi connectivity index (χ0v) is 12.5. The number of aromatic nitrogens is 5. The van der Waals surface area contributed by atoms with E-state index in [2.05, 4.69) is 37.7 Å². The van der Waals surface area contributed by atoms with Gasteiger partial charge in [-0.15, -0.1) is 10.2 Å². The molecule has 0 amide bonds. The zero-order valence-electron chi connectivity index (χ0n) is 12.5. The van der Waals surface area contributed by atoms with E-state index in [-0.39, 0.29) is 0 Å². The molecular formula is C14H21N7. The van der Waals surface area contributed by atoms with Crippen LogP contribution in [0.5, 0.6) is 0 Å². The first-order valence-corrected chi connectivity index (χ1v) is 7.46. The van der Waals surface area contributed by atoms with Crippen molar-refractivity contribution in [2.45, 2.75) is 32.1 Å². The van der Waals surface area contributed by atoms with Gasteiger partial charge >= 0.3 is 0 Å². The molecule has 0 radical (unpaired) electrons. The van der Waals surface area contributed by atoms with Crippen LogP contribution in [0.1, 0.15) is 37.3 Å². The first kappa shape index (κ1) is 13.8. The Bertz CT molecular complexity index is 603. The Balaban J connectivity index is 1.64. The Kier molecular flexibility index (Phi) is 3.98. The van der Waals surface area contributed by atoms with Crippen LogP contribution in [-0.4, -0.2) is 37.8 Å². The van der Waals surface area contributed by atoms with Crippen LogP contribution >= 0.6 is 0 Å². The molecule has 21 heavy (non-hydrogen) atoms. The highest BCUT2D eigenvalue weighted by atomic mass is 15.2. The van der Waals surface area contributed by atoms with Crippen LogP contribution in [0.2, 0.25) is 0 Å². The van der Waals surface area contributed by atoms with Gasteiger partial charge in [-0.25, -0.2) is 9.97 Å². The average Bonchev–Trinajstić information content (AvgIpc) is 3.24. The van der Waals surface area contributed by atoms with Gasteiger partial charge in [-0.1, -0.05) is 0 Å². The molecule has 0 spiro atoms. The van der Waals surface area contributed by atoms with E-state index in [1.54, 1.807) is 6.33 Å². The highest BCUT2D eigenvalue weighted by Gasteiger charge is 2.27. The average molecular weight is 287 g/mol. The van der Waals surface area contributed by atoms with E-state index in [4.69, 9.17) is 0 Å². The van der Waals surface area contributed by atoms with Gasteiger partial charge in [0.25, 0.3) is 0 Å². The summed E-state index contributed by atoms with van der Waals surface area (Å²) < 4.78 is 1.93. The van der Waals surface area contributed by atoms with Crippen molar-refractivity contribution in [3.63, 3.8) is 0 Å². The molecule has 0 unspecified atom stereocenters. The van der Waals surface area contributed by atoms with Gasteiger partial charge in [0.1, 0.15) is 29.6 Å². The highest BCUT2D eigenvalue weighted by molar-refractivity contribution is 5.48. The van der Waals surface area contributed by atoms with Gasteiger partial charge in [0.05, 0.1) is 0 Å². The third-order valence-electron chi connectivity index (χ3n) is 3.50. The molecule has 3 rings (SSSR count). The van der Waals surface area contributed by atoms with E-state index in [1.807, 2.05) is 17.7 Å². The lowest BCUT2D eigenvalue weighted by Crippen LogP contribution is -2.12. The number of hydrogen-bond acceptors (Lipinski definition) is 6. The monoisotopic (exact) mass is 287 g/mol. The topological polar surface area (TPSA) is 80.5 Å². The van der Waals surface area contributed by atoms with Crippen LogP contribution in [-0.2, 0) is 13.5 Å². The summed E-state index contributed by atoms with van der Waals surface area (Å²) in [6, 6.07) is 1.96. The Morgan fingerprint density at radius 2 is 2.00 bits per heavy atom. The van der Waals surface area contributed by atoms with E-state index < -0.39 is 0 Å². The van der Waals surface area contributed by atoms with Crippen LogP contribution < -0.4 is 10.6 Å². The highest BCUT2D eigenvalue weighted by Crippen LogP contribution is 2.38. The van der Waals surface area contributed by atoms with E-state index in [0.717, 1.165) is 42.8 Å². The maximum atomic E-state index is 4.61. The van der Waals surface area contributed by atoms with E-state index in [1.165, 1.54) is 12.8 Å². The van der Waals surface area contributed by atoms with E-state index in [0.29, 0.717) is 5.92 Å². The number of rotatable bonds is 7.